The SMILES string of the molecule is CN(O)C(=O)C1(NCc2ccc(-c3ccccc3)cc2)CCSC1. The molecule has 126 valence electrons. The number of amides is 1. The molecule has 3 rings (SSSR count). The molecule has 0 aromatic heterocycles. The van der Waals surface area contributed by atoms with Crippen molar-refractivity contribution in [3.05, 3.63) is 60.2 Å². The smallest absolute Gasteiger partial charge is 0.266 e. The summed E-state index contributed by atoms with van der Waals surface area (Å²) in [5, 5.41) is 13.6. The van der Waals surface area contributed by atoms with Crippen LogP contribution < -0.4 is 5.32 Å². The molecule has 4 nitrogen and oxygen atoms in total. The number of nitrogens with one attached hydrogen (secondary N) is 1. The van der Waals surface area contributed by atoms with Crippen LogP contribution in [0.3, 0.4) is 0 Å². The van der Waals surface area contributed by atoms with E-state index in [0.717, 1.165) is 17.7 Å². The highest BCUT2D eigenvalue weighted by molar-refractivity contribution is 7.99. The topological polar surface area (TPSA) is 52.6 Å². The molecule has 1 atom stereocenters. The number of hydrogen-bond acceptors (Lipinski definition) is 4. The molecule has 5 heteroatoms. The van der Waals surface area contributed by atoms with Gasteiger partial charge in [0, 0.05) is 19.3 Å². The predicted octanol–water partition coefficient (Wildman–Crippen LogP) is 3.17. The van der Waals surface area contributed by atoms with Crippen molar-refractivity contribution in [1.29, 1.82) is 0 Å². The summed E-state index contributed by atoms with van der Waals surface area (Å²) in [5.41, 5.74) is 2.83. The molecule has 2 N–H and O–H groups in total. The van der Waals surface area contributed by atoms with Crippen LogP contribution in [0.25, 0.3) is 11.1 Å². The van der Waals surface area contributed by atoms with Crippen molar-refractivity contribution in [3.63, 3.8) is 0 Å². The van der Waals surface area contributed by atoms with Crippen molar-refractivity contribution in [1.82, 2.24) is 10.4 Å². The average Bonchev–Trinajstić information content (AvgIpc) is 3.10. The summed E-state index contributed by atoms with van der Waals surface area (Å²) in [6, 6.07) is 18.6. The van der Waals surface area contributed by atoms with Crippen LogP contribution in [0.5, 0.6) is 0 Å². The maximum Gasteiger partial charge on any atom is 0.266 e. The van der Waals surface area contributed by atoms with E-state index in [9.17, 15) is 10.0 Å². The zero-order chi connectivity index (χ0) is 17.0. The van der Waals surface area contributed by atoms with Crippen molar-refractivity contribution >= 4 is 17.7 Å². The highest BCUT2D eigenvalue weighted by atomic mass is 32.2. The quantitative estimate of drug-likeness (QED) is 0.647. The third kappa shape index (κ3) is 3.64. The Kier molecular flexibility index (Phi) is 5.23. The van der Waals surface area contributed by atoms with Gasteiger partial charge in [0.15, 0.2) is 0 Å². The van der Waals surface area contributed by atoms with Gasteiger partial charge in [-0.3, -0.25) is 15.3 Å². The molecule has 0 bridgehead atoms. The molecule has 0 spiro atoms. The zero-order valence-corrected chi connectivity index (χ0v) is 14.6. The lowest BCUT2D eigenvalue weighted by Gasteiger charge is -2.30. The Morgan fingerprint density at radius 2 is 1.83 bits per heavy atom. The van der Waals surface area contributed by atoms with Gasteiger partial charge < -0.3 is 0 Å². The van der Waals surface area contributed by atoms with Gasteiger partial charge in [0.2, 0.25) is 0 Å². The fourth-order valence-electron chi connectivity index (χ4n) is 2.98. The second-order valence-corrected chi connectivity index (χ2v) is 7.24. The molecular weight excluding hydrogens is 320 g/mol. The lowest BCUT2D eigenvalue weighted by atomic mass is 9.96. The molecule has 1 amide bonds. The number of benzene rings is 2. The maximum absolute atomic E-state index is 12.3. The summed E-state index contributed by atoms with van der Waals surface area (Å²) in [4.78, 5) is 12.3. The molecule has 0 radical (unpaired) electrons. The molecule has 0 aliphatic carbocycles. The molecule has 1 heterocycles. The molecule has 1 aliphatic heterocycles. The molecule has 1 unspecified atom stereocenters. The van der Waals surface area contributed by atoms with Crippen LogP contribution in [0, 0.1) is 0 Å². The van der Waals surface area contributed by atoms with E-state index >= 15 is 0 Å². The van der Waals surface area contributed by atoms with E-state index in [4.69, 9.17) is 0 Å². The molecule has 1 fully saturated rings. The van der Waals surface area contributed by atoms with Crippen molar-refractivity contribution in [2.45, 2.75) is 18.5 Å². The van der Waals surface area contributed by atoms with Crippen LogP contribution in [0.2, 0.25) is 0 Å². The largest absolute Gasteiger partial charge is 0.298 e. The number of hydroxylamine groups is 2. The Morgan fingerprint density at radius 1 is 1.17 bits per heavy atom. The van der Waals surface area contributed by atoms with E-state index in [1.807, 2.05) is 18.2 Å². The molecule has 2 aromatic carbocycles. The Labute approximate surface area is 146 Å². The number of carbonyl (C=O) groups excluding carboxylic acids is 1. The Morgan fingerprint density at radius 3 is 2.42 bits per heavy atom. The van der Waals surface area contributed by atoms with Gasteiger partial charge in [-0.15, -0.1) is 0 Å². The lowest BCUT2D eigenvalue weighted by molar-refractivity contribution is -0.166. The molecule has 0 saturated carbocycles. The van der Waals surface area contributed by atoms with Gasteiger partial charge in [-0.2, -0.15) is 11.8 Å². The first-order valence-electron chi connectivity index (χ1n) is 8.05. The van der Waals surface area contributed by atoms with Crippen molar-refractivity contribution in [3.8, 4) is 11.1 Å². The first kappa shape index (κ1) is 17.0. The summed E-state index contributed by atoms with van der Waals surface area (Å²) < 4.78 is 0. The van der Waals surface area contributed by atoms with Gasteiger partial charge in [-0.1, -0.05) is 54.6 Å². The van der Waals surface area contributed by atoms with Crippen molar-refractivity contribution in [2.75, 3.05) is 18.6 Å². The number of likely N-dealkylation sites (N-methyl/N-ethyl adjacent to an activating group) is 1. The normalized spacial score (nSPS) is 20.1. The zero-order valence-electron chi connectivity index (χ0n) is 13.7. The molecular formula is C19H22N2O2S. The van der Waals surface area contributed by atoms with Crippen LogP contribution in [-0.2, 0) is 11.3 Å². The maximum atomic E-state index is 12.3. The van der Waals surface area contributed by atoms with Gasteiger partial charge >= 0.3 is 0 Å². The van der Waals surface area contributed by atoms with Gasteiger partial charge in [0.1, 0.15) is 5.54 Å². The molecule has 1 aliphatic rings. The number of nitrogens with zero attached hydrogens (tertiary/aromatic N) is 1. The van der Waals surface area contributed by atoms with Crippen molar-refractivity contribution in [2.24, 2.45) is 0 Å². The van der Waals surface area contributed by atoms with Gasteiger partial charge in [-0.25, -0.2) is 5.06 Å². The van der Waals surface area contributed by atoms with E-state index in [2.05, 4.69) is 41.7 Å². The molecule has 24 heavy (non-hydrogen) atoms. The van der Waals surface area contributed by atoms with E-state index in [1.165, 1.54) is 18.2 Å². The third-order valence-electron chi connectivity index (χ3n) is 4.42. The van der Waals surface area contributed by atoms with Crippen LogP contribution >= 0.6 is 11.8 Å². The highest BCUT2D eigenvalue weighted by Crippen LogP contribution is 2.30. The summed E-state index contributed by atoms with van der Waals surface area (Å²) >= 11 is 1.74. The minimum absolute atomic E-state index is 0.256. The Bertz CT molecular complexity index is 680. The monoisotopic (exact) mass is 342 g/mol. The van der Waals surface area contributed by atoms with Crippen molar-refractivity contribution < 1.29 is 10.0 Å². The first-order valence-corrected chi connectivity index (χ1v) is 9.20. The number of rotatable bonds is 5. The van der Waals surface area contributed by atoms with E-state index in [-0.39, 0.29) is 5.91 Å². The summed E-state index contributed by atoms with van der Waals surface area (Å²) in [7, 11) is 1.39. The van der Waals surface area contributed by atoms with Crippen LogP contribution in [0.4, 0.5) is 0 Å². The Hall–Kier alpha value is -1.82. The predicted molar refractivity (Wildman–Crippen MR) is 97.9 cm³/mol. The first-order chi connectivity index (χ1) is 11.6. The van der Waals surface area contributed by atoms with E-state index in [0.29, 0.717) is 17.4 Å². The van der Waals surface area contributed by atoms with E-state index < -0.39 is 5.54 Å². The van der Waals surface area contributed by atoms with Crippen LogP contribution in [0.15, 0.2) is 54.6 Å². The molecule has 2 aromatic rings. The summed E-state index contributed by atoms with van der Waals surface area (Å²) in [5.74, 6) is 1.37. The lowest BCUT2D eigenvalue weighted by Crippen LogP contribution is -2.56. The standard InChI is InChI=1S/C19H22N2O2S/c1-21(23)18(22)19(11-12-24-14-19)20-13-15-7-9-17(10-8-15)16-5-3-2-4-6-16/h2-10,20,23H,11-14H2,1H3. The second-order valence-electron chi connectivity index (χ2n) is 6.13. The minimum atomic E-state index is -0.660. The number of thioether (sulfide) groups is 1. The van der Waals surface area contributed by atoms with E-state index in [1.54, 1.807) is 11.8 Å². The summed E-state index contributed by atoms with van der Waals surface area (Å²) in [6.45, 7) is 0.606. The molecule has 1 saturated heterocycles. The van der Waals surface area contributed by atoms with Crippen LogP contribution in [-0.4, -0.2) is 40.3 Å². The fraction of sp³-hybridized carbons (Fsp3) is 0.316. The third-order valence-corrected chi connectivity index (χ3v) is 5.61. The average molecular weight is 342 g/mol. The summed E-state index contributed by atoms with van der Waals surface area (Å²) in [6.07, 6.45) is 0.740. The minimum Gasteiger partial charge on any atom is -0.298 e. The number of carbonyl (C=O) groups is 1. The second kappa shape index (κ2) is 7.38. The van der Waals surface area contributed by atoms with Gasteiger partial charge in [0.05, 0.1) is 0 Å². The van der Waals surface area contributed by atoms with Gasteiger partial charge in [0.25, 0.3) is 5.91 Å². The number of hydrogen-bond donors (Lipinski definition) is 2. The fourth-order valence-corrected chi connectivity index (χ4v) is 4.33. The highest BCUT2D eigenvalue weighted by Gasteiger charge is 2.42. The van der Waals surface area contributed by atoms with Crippen LogP contribution in [0.1, 0.15) is 12.0 Å². The Balaban J connectivity index is 1.69. The van der Waals surface area contributed by atoms with Gasteiger partial charge in [-0.05, 0) is 28.9 Å².